The zero-order valence-corrected chi connectivity index (χ0v) is 18.3. The number of nitrogens with zero attached hydrogens (tertiary/aromatic N) is 3. The van der Waals surface area contributed by atoms with Crippen molar-refractivity contribution in [1.29, 1.82) is 0 Å². The van der Waals surface area contributed by atoms with Crippen LogP contribution < -0.4 is 9.47 Å². The summed E-state index contributed by atoms with van der Waals surface area (Å²) in [5, 5.41) is 1.47. The van der Waals surface area contributed by atoms with Crippen molar-refractivity contribution in [3.05, 3.63) is 59.9 Å². The number of carbonyl (C=O) groups excluding carboxylic acids is 1. The van der Waals surface area contributed by atoms with Crippen molar-refractivity contribution in [3.8, 4) is 11.6 Å². The van der Waals surface area contributed by atoms with Gasteiger partial charge in [0.1, 0.15) is 18.2 Å². The second kappa shape index (κ2) is 8.92. The van der Waals surface area contributed by atoms with Crippen LogP contribution in [0.5, 0.6) is 11.6 Å². The minimum absolute atomic E-state index is 0.0464. The lowest BCUT2D eigenvalue weighted by Gasteiger charge is -2.39. The van der Waals surface area contributed by atoms with Gasteiger partial charge >= 0.3 is 0 Å². The number of piperidine rings is 1. The molecule has 0 bridgehead atoms. The number of ether oxygens (including phenoxy) is 3. The highest BCUT2D eigenvalue weighted by atomic mass is 35.5. The van der Waals surface area contributed by atoms with Crippen LogP contribution in [-0.4, -0.2) is 58.8 Å². The monoisotopic (exact) mass is 453 g/mol. The smallest absolute Gasteiger partial charge is 0.260 e. The fraction of sp³-hybridized carbons (Fsp3) is 0.375. The Bertz CT molecular complexity index is 1100. The molecule has 7 nitrogen and oxygen atoms in total. The Labute approximate surface area is 191 Å². The Kier molecular flexibility index (Phi) is 5.85. The predicted molar refractivity (Wildman–Crippen MR) is 120 cm³/mol. The van der Waals surface area contributed by atoms with Crippen LogP contribution in [0.2, 0.25) is 5.02 Å². The summed E-state index contributed by atoms with van der Waals surface area (Å²) in [6, 6.07) is 14.9. The number of amides is 1. The zero-order chi connectivity index (χ0) is 22.0. The first kappa shape index (κ1) is 21.0. The molecule has 1 aromatic heterocycles. The van der Waals surface area contributed by atoms with Gasteiger partial charge in [0.25, 0.3) is 5.91 Å². The van der Waals surface area contributed by atoms with Crippen LogP contribution in [-0.2, 0) is 9.53 Å². The number of hydrogen-bond donors (Lipinski definition) is 0. The molecule has 1 amide bonds. The molecule has 32 heavy (non-hydrogen) atoms. The molecule has 0 aliphatic carbocycles. The fourth-order valence-corrected chi connectivity index (χ4v) is 4.62. The first-order chi connectivity index (χ1) is 15.6. The minimum Gasteiger partial charge on any atom is -0.488 e. The molecule has 2 atom stereocenters. The molecular weight excluding hydrogens is 430 g/mol. The average molecular weight is 454 g/mol. The van der Waals surface area contributed by atoms with Crippen LogP contribution in [0.1, 0.15) is 19.3 Å². The molecule has 3 aromatic rings. The van der Waals surface area contributed by atoms with E-state index in [1.54, 1.807) is 0 Å². The fourth-order valence-electron chi connectivity index (χ4n) is 4.50. The zero-order valence-electron chi connectivity index (χ0n) is 17.6. The largest absolute Gasteiger partial charge is 0.488 e. The van der Waals surface area contributed by atoms with Gasteiger partial charge in [0.15, 0.2) is 6.61 Å². The van der Waals surface area contributed by atoms with Gasteiger partial charge in [-0.25, -0.2) is 9.97 Å². The summed E-state index contributed by atoms with van der Waals surface area (Å²) in [4.78, 5) is 23.2. The third kappa shape index (κ3) is 4.49. The molecule has 2 aromatic carbocycles. The van der Waals surface area contributed by atoms with E-state index in [-0.39, 0.29) is 24.2 Å². The normalized spacial score (nSPS) is 22.9. The summed E-state index contributed by atoms with van der Waals surface area (Å²) in [5.74, 6) is 1.12. The molecule has 0 N–H and O–H groups in total. The molecule has 3 heterocycles. The number of carbonyl (C=O) groups is 1. The third-order valence-electron chi connectivity index (χ3n) is 6.02. The topological polar surface area (TPSA) is 73.8 Å². The molecule has 2 aliphatic heterocycles. The van der Waals surface area contributed by atoms with Crippen molar-refractivity contribution in [2.75, 3.05) is 26.3 Å². The standard InChI is InChI=1S/C24H24ClN3O4/c25-17-6-8-18(9-7-17)32-19-12-24(31-13-19)10-3-11-28(15-24)22(29)14-30-23-20-4-1-2-5-21(20)26-16-27-23/h1-2,4-9,16,19H,3,10-15H2/t19-,24-/m1/s1. The second-order valence-corrected chi connectivity index (χ2v) is 8.73. The Hall–Kier alpha value is -2.90. The van der Waals surface area contributed by atoms with Gasteiger partial charge in [-0.2, -0.15) is 0 Å². The van der Waals surface area contributed by atoms with Crippen molar-refractivity contribution in [3.63, 3.8) is 0 Å². The van der Waals surface area contributed by atoms with E-state index < -0.39 is 0 Å². The highest BCUT2D eigenvalue weighted by Gasteiger charge is 2.45. The molecule has 1 spiro atoms. The lowest BCUT2D eigenvalue weighted by Crippen LogP contribution is -2.51. The number of para-hydroxylation sites is 1. The highest BCUT2D eigenvalue weighted by Crippen LogP contribution is 2.36. The van der Waals surface area contributed by atoms with Gasteiger partial charge in [-0.15, -0.1) is 0 Å². The lowest BCUT2D eigenvalue weighted by molar-refractivity contribution is -0.141. The van der Waals surface area contributed by atoms with E-state index in [1.165, 1.54) is 6.33 Å². The first-order valence-corrected chi connectivity index (χ1v) is 11.1. The van der Waals surface area contributed by atoms with Crippen molar-refractivity contribution in [2.24, 2.45) is 0 Å². The van der Waals surface area contributed by atoms with E-state index in [1.807, 2.05) is 53.4 Å². The van der Waals surface area contributed by atoms with Crippen LogP contribution in [0, 0.1) is 0 Å². The summed E-state index contributed by atoms with van der Waals surface area (Å²) >= 11 is 5.95. The Morgan fingerprint density at radius 3 is 2.91 bits per heavy atom. The molecule has 2 saturated heterocycles. The van der Waals surface area contributed by atoms with Crippen LogP contribution in [0.3, 0.4) is 0 Å². The molecule has 0 radical (unpaired) electrons. The van der Waals surface area contributed by atoms with Gasteiger partial charge in [0.05, 0.1) is 23.1 Å². The lowest BCUT2D eigenvalue weighted by atomic mass is 9.89. The van der Waals surface area contributed by atoms with Gasteiger partial charge in [-0.05, 0) is 49.2 Å². The van der Waals surface area contributed by atoms with Crippen LogP contribution in [0.15, 0.2) is 54.9 Å². The van der Waals surface area contributed by atoms with E-state index in [0.29, 0.717) is 30.6 Å². The summed E-state index contributed by atoms with van der Waals surface area (Å²) in [7, 11) is 0. The Morgan fingerprint density at radius 1 is 1.19 bits per heavy atom. The first-order valence-electron chi connectivity index (χ1n) is 10.8. The van der Waals surface area contributed by atoms with Gasteiger partial charge in [-0.3, -0.25) is 4.79 Å². The number of likely N-dealkylation sites (tertiary alicyclic amines) is 1. The third-order valence-corrected chi connectivity index (χ3v) is 6.27. The second-order valence-electron chi connectivity index (χ2n) is 8.30. The molecule has 166 valence electrons. The van der Waals surface area contributed by atoms with Gasteiger partial charge in [0, 0.05) is 24.5 Å². The molecule has 5 rings (SSSR count). The van der Waals surface area contributed by atoms with Crippen molar-refractivity contribution in [1.82, 2.24) is 14.9 Å². The molecule has 2 fully saturated rings. The number of hydrogen-bond acceptors (Lipinski definition) is 6. The Balaban J connectivity index is 1.19. The highest BCUT2D eigenvalue weighted by molar-refractivity contribution is 6.30. The summed E-state index contributed by atoms with van der Waals surface area (Å²) in [6.45, 7) is 1.68. The predicted octanol–water partition coefficient (Wildman–Crippen LogP) is 3.89. The summed E-state index contributed by atoms with van der Waals surface area (Å²) < 4.78 is 18.0. The SMILES string of the molecule is O=C(COc1ncnc2ccccc12)N1CCC[C@@]2(C[C@@H](Oc3ccc(Cl)cc3)CO2)C1. The summed E-state index contributed by atoms with van der Waals surface area (Å²) in [5.41, 5.74) is 0.417. The summed E-state index contributed by atoms with van der Waals surface area (Å²) in [6.07, 6.45) is 3.95. The molecule has 0 unspecified atom stereocenters. The van der Waals surface area contributed by atoms with Crippen LogP contribution in [0.25, 0.3) is 10.9 Å². The quantitative estimate of drug-likeness (QED) is 0.583. The Morgan fingerprint density at radius 2 is 2.03 bits per heavy atom. The minimum atomic E-state index is -0.368. The maximum absolute atomic E-state index is 12.9. The number of fused-ring (bicyclic) bond motifs is 1. The van der Waals surface area contributed by atoms with Crippen molar-refractivity contribution < 1.29 is 19.0 Å². The average Bonchev–Trinajstić information content (AvgIpc) is 3.20. The maximum atomic E-state index is 12.9. The van der Waals surface area contributed by atoms with Crippen molar-refractivity contribution in [2.45, 2.75) is 31.0 Å². The van der Waals surface area contributed by atoms with E-state index >= 15 is 0 Å². The van der Waals surface area contributed by atoms with Crippen LogP contribution >= 0.6 is 11.6 Å². The molecule has 8 heteroatoms. The van der Waals surface area contributed by atoms with Crippen LogP contribution in [0.4, 0.5) is 0 Å². The maximum Gasteiger partial charge on any atom is 0.260 e. The van der Waals surface area contributed by atoms with E-state index in [9.17, 15) is 4.79 Å². The van der Waals surface area contributed by atoms with E-state index in [2.05, 4.69) is 9.97 Å². The van der Waals surface area contributed by atoms with Gasteiger partial charge < -0.3 is 19.1 Å². The molecule has 2 aliphatic rings. The number of halogens is 1. The van der Waals surface area contributed by atoms with Crippen molar-refractivity contribution >= 4 is 28.4 Å². The number of aromatic nitrogens is 2. The molecule has 0 saturated carbocycles. The molecular formula is C24H24ClN3O4. The van der Waals surface area contributed by atoms with E-state index in [4.69, 9.17) is 25.8 Å². The van der Waals surface area contributed by atoms with Gasteiger partial charge in [0.2, 0.25) is 5.88 Å². The van der Waals surface area contributed by atoms with Gasteiger partial charge in [-0.1, -0.05) is 23.7 Å². The van der Waals surface area contributed by atoms with E-state index in [0.717, 1.165) is 35.9 Å². The number of rotatable bonds is 5. The number of benzene rings is 2.